The summed E-state index contributed by atoms with van der Waals surface area (Å²) in [7, 11) is 0. The Bertz CT molecular complexity index is 1010. The Kier molecular flexibility index (Phi) is 5.36. The molecule has 35 heavy (non-hydrogen) atoms. The molecule has 0 aromatic carbocycles. The Hall–Kier alpha value is -1.58. The van der Waals surface area contributed by atoms with Crippen LogP contribution in [-0.2, 0) is 9.59 Å². The summed E-state index contributed by atoms with van der Waals surface area (Å²) in [6, 6.07) is 0. The van der Waals surface area contributed by atoms with E-state index in [4.69, 9.17) is 0 Å². The summed E-state index contributed by atoms with van der Waals surface area (Å²) in [4.78, 5) is 26.0. The average molecular weight is 483 g/mol. The van der Waals surface area contributed by atoms with E-state index in [0.29, 0.717) is 35.7 Å². The van der Waals surface area contributed by atoms with E-state index in [-0.39, 0.29) is 27.9 Å². The van der Waals surface area contributed by atoms with E-state index >= 15 is 0 Å². The second-order valence-corrected chi connectivity index (χ2v) is 14.5. The standard InChI is InChI=1S/C31H46O4/c1-18(2)20-10-13-31(26(34)35)15-14-29(6)21(24(20)31)8-9-23-28(5)16-19(17-32)25(33)27(3,4)22(28)11-12-30(23,29)7/h17,20-24,32H,1,8-16H2,2-7H3,(H,34,35)/b19-17-/t20-,21?,22?,23+,24?,28-,29+,30+,31-/m0/s1. The lowest BCUT2D eigenvalue weighted by molar-refractivity contribution is -0.232. The van der Waals surface area contributed by atoms with Crippen molar-refractivity contribution in [2.45, 2.75) is 99.3 Å². The fourth-order valence-electron chi connectivity index (χ4n) is 11.5. The lowest BCUT2D eigenvalue weighted by Crippen LogP contribution is -2.67. The zero-order valence-electron chi connectivity index (χ0n) is 22.7. The molecule has 0 spiro atoms. The monoisotopic (exact) mass is 482 g/mol. The fourth-order valence-corrected chi connectivity index (χ4v) is 11.5. The molecule has 5 fully saturated rings. The van der Waals surface area contributed by atoms with Crippen LogP contribution in [0.1, 0.15) is 99.3 Å². The second-order valence-electron chi connectivity index (χ2n) is 14.5. The molecule has 0 aromatic rings. The van der Waals surface area contributed by atoms with Gasteiger partial charge in [-0.15, -0.1) is 0 Å². The van der Waals surface area contributed by atoms with E-state index in [1.54, 1.807) is 0 Å². The Labute approximate surface area is 211 Å². The van der Waals surface area contributed by atoms with Gasteiger partial charge in [0, 0.05) is 11.0 Å². The third kappa shape index (κ3) is 2.86. The maximum atomic E-state index is 13.2. The van der Waals surface area contributed by atoms with Crippen molar-refractivity contribution in [2.24, 2.45) is 56.7 Å². The van der Waals surface area contributed by atoms with Crippen molar-refractivity contribution in [3.05, 3.63) is 24.0 Å². The normalized spacial score (nSPS) is 51.7. The molecule has 3 unspecified atom stereocenters. The molecule has 5 saturated carbocycles. The number of hydrogen-bond donors (Lipinski definition) is 2. The van der Waals surface area contributed by atoms with Crippen LogP contribution in [0.4, 0.5) is 0 Å². The maximum Gasteiger partial charge on any atom is 0.309 e. The van der Waals surface area contributed by atoms with Crippen molar-refractivity contribution in [1.82, 2.24) is 0 Å². The molecule has 4 heteroatoms. The van der Waals surface area contributed by atoms with Crippen molar-refractivity contribution in [3.8, 4) is 0 Å². The molecular formula is C31H46O4. The minimum atomic E-state index is -0.593. The topological polar surface area (TPSA) is 74.6 Å². The number of aliphatic hydroxyl groups excluding tert-OH is 1. The van der Waals surface area contributed by atoms with E-state index in [1.807, 2.05) is 0 Å². The lowest BCUT2D eigenvalue weighted by atomic mass is 9.32. The number of ketones is 1. The first-order valence-electron chi connectivity index (χ1n) is 14.0. The molecule has 0 radical (unpaired) electrons. The number of aliphatic carboxylic acids is 1. The number of aliphatic hydroxyl groups is 1. The predicted octanol–water partition coefficient (Wildman–Crippen LogP) is 7.35. The summed E-state index contributed by atoms with van der Waals surface area (Å²) in [5.41, 5.74) is 0.808. The predicted molar refractivity (Wildman–Crippen MR) is 138 cm³/mol. The van der Waals surface area contributed by atoms with Crippen LogP contribution in [-0.4, -0.2) is 22.0 Å². The SMILES string of the molecule is C=C(C)[C@@H]1CC[C@]2(C(=O)O)CC[C@]3(C)C(CC[C@@H]4[C@@]5(C)C/C(=C/O)C(=O)C(C)(C)C5CC[C@]43C)C12. The number of carboxylic acid groups (broad SMARTS) is 1. The minimum Gasteiger partial charge on any atom is -0.515 e. The summed E-state index contributed by atoms with van der Waals surface area (Å²) in [6.45, 7) is 18.0. The molecule has 0 aromatic heterocycles. The third-order valence-corrected chi connectivity index (χ3v) is 13.2. The van der Waals surface area contributed by atoms with Crippen LogP contribution in [0, 0.1) is 56.7 Å². The molecule has 5 rings (SSSR count). The van der Waals surface area contributed by atoms with Crippen molar-refractivity contribution in [3.63, 3.8) is 0 Å². The average Bonchev–Trinajstić information content (AvgIpc) is 3.18. The van der Waals surface area contributed by atoms with Crippen molar-refractivity contribution >= 4 is 11.8 Å². The van der Waals surface area contributed by atoms with Crippen LogP contribution >= 0.6 is 0 Å². The van der Waals surface area contributed by atoms with Gasteiger partial charge in [0.15, 0.2) is 5.78 Å². The second kappa shape index (κ2) is 7.48. The number of Topliss-reactive ketones (excluding diaryl/α,β-unsaturated/α-hetero) is 1. The Morgan fingerprint density at radius 3 is 2.23 bits per heavy atom. The first-order chi connectivity index (χ1) is 16.2. The number of allylic oxidation sites excluding steroid dienone is 2. The molecule has 9 atom stereocenters. The molecular weight excluding hydrogens is 436 g/mol. The Balaban J connectivity index is 1.59. The molecule has 5 aliphatic carbocycles. The van der Waals surface area contributed by atoms with Crippen molar-refractivity contribution < 1.29 is 19.8 Å². The molecule has 0 heterocycles. The summed E-state index contributed by atoms with van der Waals surface area (Å²) >= 11 is 0. The van der Waals surface area contributed by atoms with E-state index in [9.17, 15) is 19.8 Å². The van der Waals surface area contributed by atoms with Crippen LogP contribution in [0.2, 0.25) is 0 Å². The third-order valence-electron chi connectivity index (χ3n) is 13.2. The van der Waals surface area contributed by atoms with E-state index < -0.39 is 16.8 Å². The summed E-state index contributed by atoms with van der Waals surface area (Å²) in [5.74, 6) is 1.17. The van der Waals surface area contributed by atoms with Gasteiger partial charge in [0.05, 0.1) is 11.7 Å². The van der Waals surface area contributed by atoms with Crippen LogP contribution < -0.4 is 0 Å². The van der Waals surface area contributed by atoms with Crippen LogP contribution in [0.15, 0.2) is 24.0 Å². The number of carboxylic acids is 1. The van der Waals surface area contributed by atoms with Crippen molar-refractivity contribution in [2.75, 3.05) is 0 Å². The van der Waals surface area contributed by atoms with Crippen LogP contribution in [0.5, 0.6) is 0 Å². The highest BCUT2D eigenvalue weighted by atomic mass is 16.4. The molecule has 4 nitrogen and oxygen atoms in total. The number of carbonyl (C=O) groups excluding carboxylic acids is 1. The molecule has 5 aliphatic rings. The molecule has 0 aliphatic heterocycles. The van der Waals surface area contributed by atoms with Gasteiger partial charge < -0.3 is 10.2 Å². The van der Waals surface area contributed by atoms with Crippen molar-refractivity contribution in [1.29, 1.82) is 0 Å². The van der Waals surface area contributed by atoms with Gasteiger partial charge in [0.2, 0.25) is 0 Å². The highest BCUT2D eigenvalue weighted by Gasteiger charge is 2.72. The quantitative estimate of drug-likeness (QED) is 0.245. The highest BCUT2D eigenvalue weighted by Crippen LogP contribution is 2.77. The van der Waals surface area contributed by atoms with Gasteiger partial charge in [-0.1, -0.05) is 46.8 Å². The Morgan fingerprint density at radius 2 is 1.63 bits per heavy atom. The number of carbonyl (C=O) groups is 2. The van der Waals surface area contributed by atoms with Gasteiger partial charge in [-0.3, -0.25) is 9.59 Å². The van der Waals surface area contributed by atoms with E-state index in [0.717, 1.165) is 63.2 Å². The van der Waals surface area contributed by atoms with Gasteiger partial charge in [0.1, 0.15) is 0 Å². The van der Waals surface area contributed by atoms with Crippen LogP contribution in [0.25, 0.3) is 0 Å². The summed E-state index contributed by atoms with van der Waals surface area (Å²) < 4.78 is 0. The first-order valence-corrected chi connectivity index (χ1v) is 14.0. The van der Waals surface area contributed by atoms with Crippen LogP contribution in [0.3, 0.4) is 0 Å². The largest absolute Gasteiger partial charge is 0.515 e. The van der Waals surface area contributed by atoms with Gasteiger partial charge in [-0.2, -0.15) is 0 Å². The van der Waals surface area contributed by atoms with E-state index in [1.165, 1.54) is 0 Å². The Morgan fingerprint density at radius 1 is 0.943 bits per heavy atom. The smallest absolute Gasteiger partial charge is 0.309 e. The molecule has 194 valence electrons. The molecule has 0 saturated heterocycles. The van der Waals surface area contributed by atoms with Gasteiger partial charge in [-0.25, -0.2) is 0 Å². The summed E-state index contributed by atoms with van der Waals surface area (Å²) in [5, 5.41) is 20.5. The number of rotatable bonds is 2. The zero-order chi connectivity index (χ0) is 25.8. The molecule has 0 amide bonds. The zero-order valence-corrected chi connectivity index (χ0v) is 22.7. The minimum absolute atomic E-state index is 0.0439. The van der Waals surface area contributed by atoms with Gasteiger partial charge >= 0.3 is 5.97 Å². The number of hydrogen-bond acceptors (Lipinski definition) is 3. The highest BCUT2D eigenvalue weighted by molar-refractivity contribution is 6.00. The number of fused-ring (bicyclic) bond motifs is 7. The first kappa shape index (κ1) is 25.1. The van der Waals surface area contributed by atoms with Gasteiger partial charge in [0.25, 0.3) is 0 Å². The molecule has 0 bridgehead atoms. The van der Waals surface area contributed by atoms with Gasteiger partial charge in [-0.05, 0) is 111 Å². The summed E-state index contributed by atoms with van der Waals surface area (Å²) in [6.07, 6.45) is 9.53. The fraction of sp³-hybridized carbons (Fsp3) is 0.806. The lowest BCUT2D eigenvalue weighted by Gasteiger charge is -2.72. The maximum absolute atomic E-state index is 13.2. The van der Waals surface area contributed by atoms with E-state index in [2.05, 4.69) is 48.1 Å². The molecule has 2 N–H and O–H groups in total.